The fraction of sp³-hybridized carbons (Fsp3) is 0.500. The topological polar surface area (TPSA) is 0 Å². The van der Waals surface area contributed by atoms with Crippen molar-refractivity contribution in [3.8, 4) is 0 Å². The van der Waals surface area contributed by atoms with Gasteiger partial charge in [-0.3, -0.25) is 0 Å². The van der Waals surface area contributed by atoms with Gasteiger partial charge in [-0.1, -0.05) is 92.8 Å². The molecule has 0 saturated heterocycles. The molecule has 20 heavy (non-hydrogen) atoms. The van der Waals surface area contributed by atoms with Crippen LogP contribution in [0.25, 0.3) is 12.2 Å². The summed E-state index contributed by atoms with van der Waals surface area (Å²) in [5.41, 5.74) is 4.95. The lowest BCUT2D eigenvalue weighted by Crippen LogP contribution is -1.89. The first-order chi connectivity index (χ1) is 9.70. The summed E-state index contributed by atoms with van der Waals surface area (Å²) in [6.45, 7) is 27.8. The van der Waals surface area contributed by atoms with Crippen LogP contribution in [0.15, 0.2) is 25.3 Å². The Balaban J connectivity index is -0.000000138. The average molecular weight is 279 g/mol. The van der Waals surface area contributed by atoms with E-state index in [1.807, 2.05) is 67.5 Å². The van der Waals surface area contributed by atoms with Crippen molar-refractivity contribution in [2.24, 2.45) is 0 Å². The van der Waals surface area contributed by atoms with Gasteiger partial charge in [0, 0.05) is 0 Å². The molecule has 0 amide bonds. The number of rotatable bonds is 2. The van der Waals surface area contributed by atoms with Crippen molar-refractivity contribution < 1.29 is 0 Å². The molecule has 1 aromatic carbocycles. The summed E-state index contributed by atoms with van der Waals surface area (Å²) < 4.78 is 0. The Labute approximate surface area is 129 Å². The Morgan fingerprint density at radius 2 is 1.10 bits per heavy atom. The van der Waals surface area contributed by atoms with Crippen molar-refractivity contribution in [1.82, 2.24) is 0 Å². The van der Waals surface area contributed by atoms with Crippen LogP contribution in [0.2, 0.25) is 0 Å². The van der Waals surface area contributed by atoms with Crippen LogP contribution in [0.3, 0.4) is 0 Å². The van der Waals surface area contributed by atoms with Crippen LogP contribution in [-0.4, -0.2) is 0 Å². The fourth-order valence-electron chi connectivity index (χ4n) is 1.31. The average Bonchev–Trinajstić information content (AvgIpc) is 2.57. The lowest BCUT2D eigenvalue weighted by Gasteiger charge is -2.07. The van der Waals surface area contributed by atoms with E-state index in [1.54, 1.807) is 0 Å². The molecule has 118 valence electrons. The molecule has 0 aliphatic heterocycles. The maximum absolute atomic E-state index is 3.79. The van der Waals surface area contributed by atoms with Crippen molar-refractivity contribution >= 4 is 12.2 Å². The maximum atomic E-state index is 3.79. The van der Waals surface area contributed by atoms with E-state index in [-0.39, 0.29) is 0 Å². The summed E-state index contributed by atoms with van der Waals surface area (Å²) in [5.74, 6) is 0. The van der Waals surface area contributed by atoms with Crippen LogP contribution < -0.4 is 0 Å². The van der Waals surface area contributed by atoms with Gasteiger partial charge < -0.3 is 0 Å². The van der Waals surface area contributed by atoms with Crippen molar-refractivity contribution in [1.29, 1.82) is 0 Å². The van der Waals surface area contributed by atoms with E-state index in [2.05, 4.69) is 39.1 Å². The third-order valence-corrected chi connectivity index (χ3v) is 2.24. The Morgan fingerprint density at radius 1 is 0.700 bits per heavy atom. The summed E-state index contributed by atoms with van der Waals surface area (Å²) in [4.78, 5) is 0. The van der Waals surface area contributed by atoms with Crippen molar-refractivity contribution in [2.75, 3.05) is 0 Å². The van der Waals surface area contributed by atoms with Crippen molar-refractivity contribution in [3.63, 3.8) is 0 Å². The van der Waals surface area contributed by atoms with Crippen molar-refractivity contribution in [2.45, 2.75) is 69.2 Å². The van der Waals surface area contributed by atoms with Crippen LogP contribution in [0, 0.1) is 13.8 Å². The largest absolute Gasteiger partial charge is 0.0984 e. The smallest absolute Gasteiger partial charge is 0.0158 e. The Morgan fingerprint density at radius 3 is 1.40 bits per heavy atom. The Bertz CT molecular complexity index is 319. The molecular weight excluding hydrogens is 240 g/mol. The summed E-state index contributed by atoms with van der Waals surface area (Å²) in [7, 11) is 0. The molecule has 0 heteroatoms. The zero-order valence-electron chi connectivity index (χ0n) is 15.7. The predicted molar refractivity (Wildman–Crippen MR) is 101 cm³/mol. The molecule has 0 aliphatic rings. The predicted octanol–water partition coefficient (Wildman–Crippen LogP) is 7.69. The first-order valence-electron chi connectivity index (χ1n) is 8.05. The summed E-state index contributed by atoms with van der Waals surface area (Å²) in [6, 6.07) is 4.19. The molecule has 0 bridgehead atoms. The second kappa shape index (κ2) is 22.8. The highest BCUT2D eigenvalue weighted by Gasteiger charge is 2.00. The van der Waals surface area contributed by atoms with Gasteiger partial charge in [0.05, 0.1) is 0 Å². The highest BCUT2D eigenvalue weighted by molar-refractivity contribution is 5.67. The fourth-order valence-corrected chi connectivity index (χ4v) is 1.31. The molecule has 0 unspecified atom stereocenters. The van der Waals surface area contributed by atoms with Gasteiger partial charge in [-0.2, -0.15) is 0 Å². The summed E-state index contributed by atoms with van der Waals surface area (Å²) in [5, 5.41) is 0. The van der Waals surface area contributed by atoms with E-state index in [9.17, 15) is 0 Å². The standard InChI is InChI=1S/C12H14.4C2H6/c1-5-11-8-7-9(3)10(4)12(11)6-2;4*1-2/h5-8H,1-2H2,3-4H3;4*1-2H3. The van der Waals surface area contributed by atoms with Crippen LogP contribution in [0.5, 0.6) is 0 Å². The minimum absolute atomic E-state index is 1.16. The van der Waals surface area contributed by atoms with Gasteiger partial charge in [-0.15, -0.1) is 0 Å². The third-order valence-electron chi connectivity index (χ3n) is 2.24. The molecule has 0 aliphatic carbocycles. The lowest BCUT2D eigenvalue weighted by atomic mass is 9.98. The molecule has 0 radical (unpaired) electrons. The van der Waals surface area contributed by atoms with Gasteiger partial charge in [0.2, 0.25) is 0 Å². The van der Waals surface area contributed by atoms with E-state index in [1.165, 1.54) is 16.7 Å². The molecule has 0 saturated carbocycles. The van der Waals surface area contributed by atoms with Crippen molar-refractivity contribution in [3.05, 3.63) is 47.5 Å². The number of aryl methyl sites for hydroxylation is 1. The molecule has 0 N–H and O–H groups in total. The Kier molecular flexibility index (Phi) is 31.0. The molecule has 1 aromatic rings. The summed E-state index contributed by atoms with van der Waals surface area (Å²) >= 11 is 0. The second-order valence-electron chi connectivity index (χ2n) is 2.92. The third kappa shape index (κ3) is 10.6. The normalized spacial score (nSPS) is 6.90. The van der Waals surface area contributed by atoms with Gasteiger partial charge >= 0.3 is 0 Å². The van der Waals surface area contributed by atoms with E-state index in [0.29, 0.717) is 0 Å². The summed E-state index contributed by atoms with van der Waals surface area (Å²) in [6.07, 6.45) is 3.75. The van der Waals surface area contributed by atoms with Gasteiger partial charge in [-0.05, 0) is 36.1 Å². The number of benzene rings is 1. The van der Waals surface area contributed by atoms with Crippen LogP contribution in [0.1, 0.15) is 77.6 Å². The zero-order chi connectivity index (χ0) is 17.1. The molecule has 0 heterocycles. The molecule has 0 atom stereocenters. The quantitative estimate of drug-likeness (QED) is 0.520. The van der Waals surface area contributed by atoms with E-state index in [4.69, 9.17) is 0 Å². The Hall–Kier alpha value is -1.30. The number of hydrogen-bond donors (Lipinski definition) is 0. The van der Waals surface area contributed by atoms with Gasteiger partial charge in [-0.25, -0.2) is 0 Å². The molecule has 0 fully saturated rings. The molecule has 0 spiro atoms. The molecule has 0 nitrogen and oxygen atoms in total. The highest BCUT2D eigenvalue weighted by Crippen LogP contribution is 2.19. The van der Waals surface area contributed by atoms with Crippen LogP contribution in [-0.2, 0) is 0 Å². The first kappa shape index (κ1) is 27.1. The van der Waals surface area contributed by atoms with Gasteiger partial charge in [0.1, 0.15) is 0 Å². The van der Waals surface area contributed by atoms with Gasteiger partial charge in [0.25, 0.3) is 0 Å². The minimum atomic E-state index is 1.16. The SMILES string of the molecule is C=Cc1ccc(C)c(C)c1C=C.CC.CC.CC.CC. The van der Waals surface area contributed by atoms with Crippen LogP contribution >= 0.6 is 0 Å². The molecular formula is C20H38. The maximum Gasteiger partial charge on any atom is -0.0158 e. The molecule has 0 aromatic heterocycles. The van der Waals surface area contributed by atoms with Crippen LogP contribution in [0.4, 0.5) is 0 Å². The van der Waals surface area contributed by atoms with E-state index in [0.717, 1.165) is 5.56 Å². The highest BCUT2D eigenvalue weighted by atomic mass is 14.1. The monoisotopic (exact) mass is 278 g/mol. The minimum Gasteiger partial charge on any atom is -0.0984 e. The van der Waals surface area contributed by atoms with E-state index < -0.39 is 0 Å². The molecule has 1 rings (SSSR count). The first-order valence-corrected chi connectivity index (χ1v) is 8.05. The van der Waals surface area contributed by atoms with Gasteiger partial charge in [0.15, 0.2) is 0 Å². The lowest BCUT2D eigenvalue weighted by molar-refractivity contribution is 1.32. The van der Waals surface area contributed by atoms with E-state index >= 15 is 0 Å². The zero-order valence-corrected chi connectivity index (χ0v) is 15.7. The second-order valence-corrected chi connectivity index (χ2v) is 2.92. The number of hydrogen-bond acceptors (Lipinski definition) is 0.